The van der Waals surface area contributed by atoms with E-state index in [4.69, 9.17) is 10.00 Å². The summed E-state index contributed by atoms with van der Waals surface area (Å²) in [5.41, 5.74) is 2.51. The Morgan fingerprint density at radius 3 is 2.97 bits per heavy atom. The fraction of sp³-hybridized carbons (Fsp3) is 0.375. The van der Waals surface area contributed by atoms with Gasteiger partial charge < -0.3 is 20.3 Å². The van der Waals surface area contributed by atoms with Gasteiger partial charge in [-0.15, -0.1) is 0 Å². The number of benzene rings is 1. The summed E-state index contributed by atoms with van der Waals surface area (Å²) in [6.45, 7) is 2.34. The molecule has 33 heavy (non-hydrogen) atoms. The third-order valence-corrected chi connectivity index (χ3v) is 6.02. The number of carbonyl (C=O) groups excluding carboxylic acids is 2. The number of allylic oxidation sites excluding steroid dienone is 1. The summed E-state index contributed by atoms with van der Waals surface area (Å²) in [4.78, 5) is 35.5. The molecule has 170 valence electrons. The molecule has 1 aliphatic heterocycles. The highest BCUT2D eigenvalue weighted by Gasteiger charge is 2.35. The second-order valence-electron chi connectivity index (χ2n) is 8.18. The molecule has 0 saturated heterocycles. The summed E-state index contributed by atoms with van der Waals surface area (Å²) in [5, 5.41) is 15.2. The van der Waals surface area contributed by atoms with E-state index in [1.807, 2.05) is 23.1 Å². The molecule has 0 unspecified atom stereocenters. The zero-order valence-electron chi connectivity index (χ0n) is 18.7. The van der Waals surface area contributed by atoms with Crippen LogP contribution >= 0.6 is 0 Å². The Bertz CT molecular complexity index is 1140. The van der Waals surface area contributed by atoms with Crippen molar-refractivity contribution in [2.75, 3.05) is 17.7 Å². The average Bonchev–Trinajstić information content (AvgIpc) is 3.15. The highest BCUT2D eigenvalue weighted by molar-refractivity contribution is 6.02. The third-order valence-electron chi connectivity index (χ3n) is 6.02. The summed E-state index contributed by atoms with van der Waals surface area (Å²) >= 11 is 0. The first-order valence-corrected chi connectivity index (χ1v) is 11.0. The molecule has 2 aliphatic rings. The van der Waals surface area contributed by atoms with Crippen LogP contribution in [0.1, 0.15) is 54.1 Å². The molecule has 0 radical (unpaired) electrons. The van der Waals surface area contributed by atoms with Gasteiger partial charge in [0, 0.05) is 29.9 Å². The lowest BCUT2D eigenvalue weighted by atomic mass is 9.90. The van der Waals surface area contributed by atoms with Crippen LogP contribution in [0.2, 0.25) is 0 Å². The van der Waals surface area contributed by atoms with Crippen molar-refractivity contribution in [1.82, 2.24) is 14.9 Å². The molecule has 1 saturated carbocycles. The van der Waals surface area contributed by atoms with Gasteiger partial charge in [-0.05, 0) is 56.4 Å². The zero-order chi connectivity index (χ0) is 23.4. The number of fused-ring (bicyclic) bond motifs is 1. The van der Waals surface area contributed by atoms with Crippen molar-refractivity contribution < 1.29 is 14.3 Å². The van der Waals surface area contributed by atoms with Gasteiger partial charge in [-0.2, -0.15) is 10.2 Å². The Balaban J connectivity index is 1.43. The molecular formula is C24H26N6O3. The van der Waals surface area contributed by atoms with E-state index >= 15 is 0 Å². The molecule has 2 amide bonds. The monoisotopic (exact) mass is 446 g/mol. The zero-order valence-corrected chi connectivity index (χ0v) is 18.7. The van der Waals surface area contributed by atoms with E-state index in [0.717, 1.165) is 31.2 Å². The molecule has 1 aromatic carbocycles. The molecule has 4 rings (SSSR count). The van der Waals surface area contributed by atoms with Crippen LogP contribution in [0.15, 0.2) is 36.5 Å². The lowest BCUT2D eigenvalue weighted by Crippen LogP contribution is -2.42. The molecule has 2 aromatic rings. The van der Waals surface area contributed by atoms with Crippen LogP contribution in [0, 0.1) is 11.3 Å². The number of anilines is 2. The Kier molecular flexibility index (Phi) is 6.54. The Hall–Kier alpha value is -3.93. The number of rotatable bonds is 6. The Labute approximate surface area is 192 Å². The van der Waals surface area contributed by atoms with Crippen molar-refractivity contribution in [2.45, 2.75) is 51.2 Å². The topological polar surface area (TPSA) is 120 Å². The lowest BCUT2D eigenvalue weighted by Gasteiger charge is -2.35. The molecule has 0 bridgehead atoms. The number of methoxy groups -OCH3 is 1. The van der Waals surface area contributed by atoms with E-state index in [2.05, 4.69) is 20.6 Å². The van der Waals surface area contributed by atoms with E-state index in [0.29, 0.717) is 23.7 Å². The molecular weight excluding hydrogens is 420 g/mol. The number of hydrogen-bond acceptors (Lipinski definition) is 7. The average molecular weight is 447 g/mol. The predicted octanol–water partition coefficient (Wildman–Crippen LogP) is 3.25. The molecule has 1 aliphatic carbocycles. The van der Waals surface area contributed by atoms with Crippen LogP contribution in [-0.4, -0.2) is 45.9 Å². The molecule has 9 heteroatoms. The summed E-state index contributed by atoms with van der Waals surface area (Å²) in [6, 6.07) is 7.71. The van der Waals surface area contributed by atoms with Gasteiger partial charge >= 0.3 is 0 Å². The van der Waals surface area contributed by atoms with Crippen LogP contribution < -0.4 is 15.4 Å². The van der Waals surface area contributed by atoms with Crippen LogP contribution in [0.4, 0.5) is 11.6 Å². The smallest absolute Gasteiger partial charge is 0.254 e. The van der Waals surface area contributed by atoms with Crippen LogP contribution in [0.5, 0.6) is 5.88 Å². The van der Waals surface area contributed by atoms with Gasteiger partial charge in [0.05, 0.1) is 13.3 Å². The largest absolute Gasteiger partial charge is 0.480 e. The van der Waals surface area contributed by atoms with Gasteiger partial charge in [-0.25, -0.2) is 4.98 Å². The molecule has 1 aromatic heterocycles. The van der Waals surface area contributed by atoms with Crippen LogP contribution in [-0.2, 0) is 11.3 Å². The maximum atomic E-state index is 13.2. The Morgan fingerprint density at radius 2 is 2.21 bits per heavy atom. The Morgan fingerprint density at radius 1 is 1.36 bits per heavy atom. The van der Waals surface area contributed by atoms with Crippen molar-refractivity contribution in [3.05, 3.63) is 53.2 Å². The fourth-order valence-electron chi connectivity index (χ4n) is 4.46. The number of amides is 2. The number of nitriles is 1. The summed E-state index contributed by atoms with van der Waals surface area (Å²) in [6.07, 6.45) is 8.18. The first-order chi connectivity index (χ1) is 16.0. The van der Waals surface area contributed by atoms with Gasteiger partial charge in [-0.1, -0.05) is 12.1 Å². The molecule has 2 atom stereocenters. The van der Waals surface area contributed by atoms with Crippen molar-refractivity contribution >= 4 is 23.5 Å². The van der Waals surface area contributed by atoms with Crippen molar-refractivity contribution in [3.8, 4) is 11.9 Å². The van der Waals surface area contributed by atoms with Crippen molar-refractivity contribution in [3.63, 3.8) is 0 Å². The first kappa shape index (κ1) is 22.3. The number of ether oxygens (including phenoxy) is 1. The minimum absolute atomic E-state index is 0.00549. The van der Waals surface area contributed by atoms with Gasteiger partial charge in [0.2, 0.25) is 17.7 Å². The SMILES string of the molecule is C/C=C/C(=O)Nc1ccc2c(c1)C(=O)N([C@H]1CCC[C@@H](Nc3ncc(C#N)c(OC)n3)C1)C2. The molecule has 2 heterocycles. The highest BCUT2D eigenvalue weighted by Crippen LogP contribution is 2.33. The first-order valence-electron chi connectivity index (χ1n) is 11.0. The molecule has 0 spiro atoms. The predicted molar refractivity (Wildman–Crippen MR) is 123 cm³/mol. The maximum Gasteiger partial charge on any atom is 0.254 e. The van der Waals surface area contributed by atoms with E-state index < -0.39 is 0 Å². The van der Waals surface area contributed by atoms with Crippen molar-refractivity contribution in [1.29, 1.82) is 5.26 Å². The molecule has 9 nitrogen and oxygen atoms in total. The number of carbonyl (C=O) groups is 2. The van der Waals surface area contributed by atoms with E-state index in [1.165, 1.54) is 19.4 Å². The third kappa shape index (κ3) is 4.80. The van der Waals surface area contributed by atoms with E-state index in [-0.39, 0.29) is 35.3 Å². The summed E-state index contributed by atoms with van der Waals surface area (Å²) in [7, 11) is 1.47. The second-order valence-corrected chi connectivity index (χ2v) is 8.18. The highest BCUT2D eigenvalue weighted by atomic mass is 16.5. The number of nitrogens with zero attached hydrogens (tertiary/aromatic N) is 4. The minimum atomic E-state index is -0.220. The van der Waals surface area contributed by atoms with E-state index in [1.54, 1.807) is 19.1 Å². The minimum Gasteiger partial charge on any atom is -0.480 e. The summed E-state index contributed by atoms with van der Waals surface area (Å²) in [5.74, 6) is 0.426. The molecule has 2 N–H and O–H groups in total. The van der Waals surface area contributed by atoms with Gasteiger partial charge in [-0.3, -0.25) is 9.59 Å². The maximum absolute atomic E-state index is 13.2. The number of aromatic nitrogens is 2. The van der Waals surface area contributed by atoms with Gasteiger partial charge in [0.15, 0.2) is 0 Å². The number of nitrogens with one attached hydrogen (secondary N) is 2. The number of hydrogen-bond donors (Lipinski definition) is 2. The standard InChI is InChI=1S/C24H26N6O3/c1-3-5-21(31)27-18-9-8-15-14-30(23(32)20(15)11-18)19-7-4-6-17(10-19)28-24-26-13-16(12-25)22(29-24)33-2/h3,5,8-9,11,13,17,19H,4,6-7,10,14H2,1-2H3,(H,27,31)(H,26,28,29)/b5-3+/t17-,19+/m1/s1. The molecule has 1 fully saturated rings. The second kappa shape index (κ2) is 9.69. The van der Waals surface area contributed by atoms with E-state index in [9.17, 15) is 9.59 Å². The fourth-order valence-corrected chi connectivity index (χ4v) is 4.46. The van der Waals surface area contributed by atoms with Gasteiger partial charge in [0.1, 0.15) is 11.6 Å². The quantitative estimate of drug-likeness (QED) is 0.654. The van der Waals surface area contributed by atoms with Crippen LogP contribution in [0.25, 0.3) is 0 Å². The summed E-state index contributed by atoms with van der Waals surface area (Å²) < 4.78 is 5.17. The lowest BCUT2D eigenvalue weighted by molar-refractivity contribution is -0.111. The normalized spacial score (nSPS) is 19.8. The van der Waals surface area contributed by atoms with Crippen molar-refractivity contribution in [2.24, 2.45) is 0 Å². The van der Waals surface area contributed by atoms with Gasteiger partial charge in [0.25, 0.3) is 5.91 Å². The van der Waals surface area contributed by atoms with Crippen LogP contribution in [0.3, 0.4) is 0 Å².